The Bertz CT molecular complexity index is 81.0. The van der Waals surface area contributed by atoms with Crippen LogP contribution in [0, 0.1) is 0 Å². The van der Waals surface area contributed by atoms with Gasteiger partial charge < -0.3 is 15.9 Å². The van der Waals surface area contributed by atoms with Gasteiger partial charge in [0.1, 0.15) is 0 Å². The van der Waals surface area contributed by atoms with E-state index in [1.54, 1.807) is 0 Å². The summed E-state index contributed by atoms with van der Waals surface area (Å²) in [5.41, 5.74) is 5.36. The quantitative estimate of drug-likeness (QED) is 0.429. The van der Waals surface area contributed by atoms with Crippen LogP contribution in [0.25, 0.3) is 0 Å². The molecule has 0 radical (unpaired) electrons. The summed E-state index contributed by atoms with van der Waals surface area (Å²) in [6, 6.07) is -0.204. The highest BCUT2D eigenvalue weighted by Gasteiger charge is 2.29. The Kier molecular flexibility index (Phi) is 3.43. The Labute approximate surface area is 60.3 Å². The zero-order valence-corrected chi connectivity index (χ0v) is 5.84. The molecule has 56 valence electrons. The van der Waals surface area contributed by atoms with Crippen LogP contribution >= 0.6 is 12.4 Å². The van der Waals surface area contributed by atoms with E-state index in [0.29, 0.717) is 6.42 Å². The lowest BCUT2D eigenvalue weighted by Gasteiger charge is -2.09. The molecule has 3 atom stereocenters. The molecule has 0 spiro atoms. The Hall–Kier alpha value is 0.170. The third-order valence-electron chi connectivity index (χ3n) is 1.63. The lowest BCUT2D eigenvalue weighted by molar-refractivity contribution is 0.0364. The average Bonchev–Trinajstić information content (AvgIpc) is 1.98. The molecule has 0 aromatic heterocycles. The van der Waals surface area contributed by atoms with Crippen molar-refractivity contribution in [3.63, 3.8) is 0 Å². The summed E-state index contributed by atoms with van der Waals surface area (Å²) in [6.45, 7) is 0. The smallest absolute Gasteiger partial charge is 0.0949 e. The van der Waals surface area contributed by atoms with Gasteiger partial charge in [0, 0.05) is 6.04 Å². The monoisotopic (exact) mass is 153 g/mol. The van der Waals surface area contributed by atoms with E-state index in [1.807, 2.05) is 0 Å². The van der Waals surface area contributed by atoms with Gasteiger partial charge in [-0.2, -0.15) is 0 Å². The molecule has 0 amide bonds. The van der Waals surface area contributed by atoms with Gasteiger partial charge in [-0.3, -0.25) is 0 Å². The molecule has 3 nitrogen and oxygen atoms in total. The predicted octanol–water partition coefficient (Wildman–Crippen LogP) is -0.749. The highest BCUT2D eigenvalue weighted by molar-refractivity contribution is 5.85. The van der Waals surface area contributed by atoms with E-state index in [0.717, 1.165) is 6.42 Å². The molecular formula is C5H12ClNO2. The van der Waals surface area contributed by atoms with Crippen molar-refractivity contribution in [2.45, 2.75) is 31.1 Å². The van der Waals surface area contributed by atoms with Crippen LogP contribution in [0.5, 0.6) is 0 Å². The second-order valence-electron chi connectivity index (χ2n) is 2.30. The normalized spacial score (nSPS) is 42.3. The maximum absolute atomic E-state index is 8.89. The zero-order valence-electron chi connectivity index (χ0n) is 5.03. The maximum atomic E-state index is 8.89. The SMILES string of the molecule is Cl.N[C@H]1CC[C@H](O)[C@H]1O. The zero-order chi connectivity index (χ0) is 6.15. The summed E-state index contributed by atoms with van der Waals surface area (Å²) in [6.07, 6.45) is 0.116. The molecule has 0 heterocycles. The average molecular weight is 154 g/mol. The topological polar surface area (TPSA) is 66.5 Å². The molecule has 1 fully saturated rings. The Morgan fingerprint density at radius 1 is 1.22 bits per heavy atom. The van der Waals surface area contributed by atoms with Crippen molar-refractivity contribution < 1.29 is 10.2 Å². The first-order valence-electron chi connectivity index (χ1n) is 2.83. The fourth-order valence-corrected chi connectivity index (χ4v) is 0.990. The number of rotatable bonds is 0. The van der Waals surface area contributed by atoms with Crippen LogP contribution in [0.3, 0.4) is 0 Å². The molecule has 4 heteroatoms. The summed E-state index contributed by atoms with van der Waals surface area (Å²) in [5.74, 6) is 0. The van der Waals surface area contributed by atoms with Crippen LogP contribution in [0.15, 0.2) is 0 Å². The van der Waals surface area contributed by atoms with Gasteiger partial charge in [0.05, 0.1) is 12.2 Å². The number of nitrogens with two attached hydrogens (primary N) is 1. The van der Waals surface area contributed by atoms with Crippen LogP contribution in [0.4, 0.5) is 0 Å². The van der Waals surface area contributed by atoms with Crippen LogP contribution in [0.1, 0.15) is 12.8 Å². The van der Waals surface area contributed by atoms with Crippen molar-refractivity contribution >= 4 is 12.4 Å². The lowest BCUT2D eigenvalue weighted by atomic mass is 10.2. The molecule has 0 aliphatic heterocycles. The van der Waals surface area contributed by atoms with Crippen LogP contribution in [-0.2, 0) is 0 Å². The summed E-state index contributed by atoms with van der Waals surface area (Å²) in [4.78, 5) is 0. The van der Waals surface area contributed by atoms with E-state index in [1.165, 1.54) is 0 Å². The van der Waals surface area contributed by atoms with Gasteiger partial charge in [-0.1, -0.05) is 0 Å². The highest BCUT2D eigenvalue weighted by atomic mass is 35.5. The van der Waals surface area contributed by atoms with Gasteiger partial charge in [-0.05, 0) is 12.8 Å². The van der Waals surface area contributed by atoms with Crippen molar-refractivity contribution in [3.05, 3.63) is 0 Å². The second kappa shape index (κ2) is 3.37. The molecule has 0 saturated heterocycles. The van der Waals surface area contributed by atoms with Crippen LogP contribution in [-0.4, -0.2) is 28.5 Å². The summed E-state index contributed by atoms with van der Waals surface area (Å²) in [7, 11) is 0. The first kappa shape index (κ1) is 9.17. The first-order chi connectivity index (χ1) is 3.72. The Balaban J connectivity index is 0.000000640. The first-order valence-corrected chi connectivity index (χ1v) is 2.83. The number of hydrogen-bond acceptors (Lipinski definition) is 3. The summed E-state index contributed by atoms with van der Waals surface area (Å²) >= 11 is 0. The minimum absolute atomic E-state index is 0. The van der Waals surface area contributed by atoms with E-state index >= 15 is 0 Å². The van der Waals surface area contributed by atoms with E-state index in [9.17, 15) is 0 Å². The molecule has 0 aromatic carbocycles. The van der Waals surface area contributed by atoms with Gasteiger partial charge >= 0.3 is 0 Å². The van der Waals surface area contributed by atoms with Gasteiger partial charge in [0.2, 0.25) is 0 Å². The summed E-state index contributed by atoms with van der Waals surface area (Å²) in [5, 5.41) is 17.7. The fraction of sp³-hybridized carbons (Fsp3) is 1.00. The molecule has 0 unspecified atom stereocenters. The Morgan fingerprint density at radius 3 is 1.89 bits per heavy atom. The fourth-order valence-electron chi connectivity index (χ4n) is 0.990. The Morgan fingerprint density at radius 2 is 1.78 bits per heavy atom. The minimum atomic E-state index is -0.685. The molecule has 4 N–H and O–H groups in total. The van der Waals surface area contributed by atoms with Gasteiger partial charge in [0.25, 0.3) is 0 Å². The van der Waals surface area contributed by atoms with E-state index in [4.69, 9.17) is 15.9 Å². The van der Waals surface area contributed by atoms with Crippen molar-refractivity contribution in [2.24, 2.45) is 5.73 Å². The van der Waals surface area contributed by atoms with E-state index in [-0.39, 0.29) is 18.4 Å². The molecule has 1 saturated carbocycles. The highest BCUT2D eigenvalue weighted by Crippen LogP contribution is 2.17. The van der Waals surface area contributed by atoms with Crippen molar-refractivity contribution in [3.8, 4) is 0 Å². The molecule has 1 rings (SSSR count). The number of halogens is 1. The second-order valence-corrected chi connectivity index (χ2v) is 2.30. The predicted molar refractivity (Wildman–Crippen MR) is 36.5 cm³/mol. The number of aliphatic hydroxyl groups excluding tert-OH is 2. The number of hydrogen-bond donors (Lipinski definition) is 3. The van der Waals surface area contributed by atoms with Crippen molar-refractivity contribution in [1.82, 2.24) is 0 Å². The minimum Gasteiger partial charge on any atom is -0.390 e. The van der Waals surface area contributed by atoms with Gasteiger partial charge in [0.15, 0.2) is 0 Å². The molecular weight excluding hydrogens is 142 g/mol. The third kappa shape index (κ3) is 1.79. The molecule has 0 aromatic rings. The maximum Gasteiger partial charge on any atom is 0.0949 e. The molecule has 9 heavy (non-hydrogen) atoms. The van der Waals surface area contributed by atoms with Crippen molar-refractivity contribution in [1.29, 1.82) is 0 Å². The lowest BCUT2D eigenvalue weighted by Crippen LogP contribution is -2.34. The molecule has 1 aliphatic carbocycles. The largest absolute Gasteiger partial charge is 0.390 e. The molecule has 1 aliphatic rings. The molecule has 0 bridgehead atoms. The third-order valence-corrected chi connectivity index (χ3v) is 1.63. The number of aliphatic hydroxyl groups is 2. The van der Waals surface area contributed by atoms with E-state index < -0.39 is 12.2 Å². The van der Waals surface area contributed by atoms with Crippen molar-refractivity contribution in [2.75, 3.05) is 0 Å². The van der Waals surface area contributed by atoms with E-state index in [2.05, 4.69) is 0 Å². The van der Waals surface area contributed by atoms with Crippen LogP contribution in [0.2, 0.25) is 0 Å². The van der Waals surface area contributed by atoms with Gasteiger partial charge in [-0.25, -0.2) is 0 Å². The summed E-state index contributed by atoms with van der Waals surface area (Å²) < 4.78 is 0. The standard InChI is InChI=1S/C5H11NO2.ClH/c6-3-1-2-4(7)5(3)8;/h3-5,7-8H,1-2,6H2;1H/t3-,4-,5-;/m0./s1. The van der Waals surface area contributed by atoms with Gasteiger partial charge in [-0.15, -0.1) is 12.4 Å². The van der Waals surface area contributed by atoms with Crippen LogP contribution < -0.4 is 5.73 Å².